The first-order valence-corrected chi connectivity index (χ1v) is 7.53. The van der Waals surface area contributed by atoms with Gasteiger partial charge in [-0.2, -0.15) is 4.31 Å². The molecule has 0 aliphatic carbocycles. The molecule has 0 aromatic heterocycles. The molecule has 0 saturated carbocycles. The Morgan fingerprint density at radius 2 is 2.26 bits per heavy atom. The molecule has 1 heterocycles. The highest BCUT2D eigenvalue weighted by Gasteiger charge is 2.37. The normalized spacial score (nSPS) is 21.7. The molecule has 1 atom stereocenters. The molecule has 2 rings (SSSR count). The molecule has 19 heavy (non-hydrogen) atoms. The van der Waals surface area contributed by atoms with Crippen LogP contribution in [-0.2, 0) is 10.0 Å². The van der Waals surface area contributed by atoms with E-state index in [1.807, 2.05) is 0 Å². The van der Waals surface area contributed by atoms with Crippen LogP contribution in [0.1, 0.15) is 12.8 Å². The van der Waals surface area contributed by atoms with Crippen molar-refractivity contribution in [2.24, 2.45) is 10.9 Å². The minimum atomic E-state index is -3.69. The van der Waals surface area contributed by atoms with Crippen molar-refractivity contribution in [3.63, 3.8) is 0 Å². The molecule has 1 unspecified atom stereocenters. The van der Waals surface area contributed by atoms with E-state index in [9.17, 15) is 8.42 Å². The maximum Gasteiger partial charge on any atom is 0.243 e. The van der Waals surface area contributed by atoms with Crippen LogP contribution in [0.3, 0.4) is 0 Å². The molecule has 0 spiro atoms. The van der Waals surface area contributed by atoms with E-state index >= 15 is 0 Å². The number of halogens is 1. The lowest BCUT2D eigenvalue weighted by Crippen LogP contribution is -2.43. The van der Waals surface area contributed by atoms with Crippen molar-refractivity contribution in [2.75, 3.05) is 6.54 Å². The Kier molecular flexibility index (Phi) is 3.98. The van der Waals surface area contributed by atoms with Gasteiger partial charge in [0.25, 0.3) is 0 Å². The van der Waals surface area contributed by atoms with Crippen molar-refractivity contribution < 1.29 is 13.6 Å². The summed E-state index contributed by atoms with van der Waals surface area (Å²) in [6, 6.07) is 5.44. The summed E-state index contributed by atoms with van der Waals surface area (Å²) in [5.41, 5.74) is 5.54. The monoisotopic (exact) mass is 303 g/mol. The SMILES string of the molecule is NC(=NO)C1CCCN1S(=O)(=O)c1cccc(Cl)c1. The Hall–Kier alpha value is -1.31. The summed E-state index contributed by atoms with van der Waals surface area (Å²) in [5.74, 6) is -0.0943. The van der Waals surface area contributed by atoms with Gasteiger partial charge in [0.2, 0.25) is 10.0 Å². The number of hydrogen-bond donors (Lipinski definition) is 2. The van der Waals surface area contributed by atoms with E-state index in [2.05, 4.69) is 5.16 Å². The topological polar surface area (TPSA) is 96.0 Å². The van der Waals surface area contributed by atoms with Crippen LogP contribution in [-0.4, -0.2) is 36.4 Å². The third-order valence-electron chi connectivity index (χ3n) is 3.06. The van der Waals surface area contributed by atoms with Crippen LogP contribution < -0.4 is 5.73 Å². The van der Waals surface area contributed by atoms with Crippen LogP contribution in [0, 0.1) is 0 Å². The number of benzene rings is 1. The van der Waals surface area contributed by atoms with Crippen molar-refractivity contribution in [1.82, 2.24) is 4.31 Å². The lowest BCUT2D eigenvalue weighted by Gasteiger charge is -2.23. The maximum atomic E-state index is 12.5. The lowest BCUT2D eigenvalue weighted by atomic mass is 10.2. The quantitative estimate of drug-likeness (QED) is 0.380. The molecule has 1 aliphatic rings. The Morgan fingerprint density at radius 1 is 1.53 bits per heavy atom. The summed E-state index contributed by atoms with van der Waals surface area (Å²) >= 11 is 5.81. The lowest BCUT2D eigenvalue weighted by molar-refractivity contribution is 0.311. The molecular weight excluding hydrogens is 290 g/mol. The number of nitrogens with two attached hydrogens (primary N) is 1. The first-order chi connectivity index (χ1) is 8.96. The highest BCUT2D eigenvalue weighted by Crippen LogP contribution is 2.27. The fraction of sp³-hybridized carbons (Fsp3) is 0.364. The molecule has 1 aromatic carbocycles. The van der Waals surface area contributed by atoms with Crippen molar-refractivity contribution in [2.45, 2.75) is 23.8 Å². The first kappa shape index (κ1) is 14.1. The van der Waals surface area contributed by atoms with Gasteiger partial charge in [-0.25, -0.2) is 8.42 Å². The van der Waals surface area contributed by atoms with Gasteiger partial charge in [0.05, 0.1) is 10.9 Å². The van der Waals surface area contributed by atoms with Crippen molar-refractivity contribution in [3.8, 4) is 0 Å². The smallest absolute Gasteiger partial charge is 0.243 e. The van der Waals surface area contributed by atoms with Gasteiger partial charge in [-0.1, -0.05) is 22.8 Å². The first-order valence-electron chi connectivity index (χ1n) is 5.71. The summed E-state index contributed by atoms with van der Waals surface area (Å²) in [6.45, 7) is 0.343. The number of sulfonamides is 1. The van der Waals surface area contributed by atoms with Crippen LogP contribution in [0.15, 0.2) is 34.3 Å². The predicted molar refractivity (Wildman–Crippen MR) is 71.8 cm³/mol. The van der Waals surface area contributed by atoms with Gasteiger partial charge in [-0.05, 0) is 31.0 Å². The average Bonchev–Trinajstić information content (AvgIpc) is 2.87. The predicted octanol–water partition coefficient (Wildman–Crippen LogP) is 1.24. The van der Waals surface area contributed by atoms with Gasteiger partial charge in [-0.3, -0.25) is 0 Å². The number of rotatable bonds is 3. The van der Waals surface area contributed by atoms with E-state index in [1.165, 1.54) is 16.4 Å². The summed E-state index contributed by atoms with van der Waals surface area (Å²) in [5, 5.41) is 12.0. The van der Waals surface area contributed by atoms with E-state index in [1.54, 1.807) is 12.1 Å². The van der Waals surface area contributed by atoms with E-state index in [0.717, 1.165) is 0 Å². The maximum absolute atomic E-state index is 12.5. The van der Waals surface area contributed by atoms with Gasteiger partial charge in [0.1, 0.15) is 0 Å². The molecule has 1 aliphatic heterocycles. The number of oxime groups is 1. The molecule has 104 valence electrons. The van der Waals surface area contributed by atoms with Crippen LogP contribution >= 0.6 is 11.6 Å². The van der Waals surface area contributed by atoms with E-state index in [0.29, 0.717) is 24.4 Å². The Morgan fingerprint density at radius 3 is 2.89 bits per heavy atom. The zero-order valence-corrected chi connectivity index (χ0v) is 11.6. The number of amidine groups is 1. The van der Waals surface area contributed by atoms with Crippen LogP contribution in [0.4, 0.5) is 0 Å². The van der Waals surface area contributed by atoms with Crippen LogP contribution in [0.2, 0.25) is 5.02 Å². The van der Waals surface area contributed by atoms with Crippen molar-refractivity contribution >= 4 is 27.5 Å². The number of hydrogen-bond acceptors (Lipinski definition) is 4. The molecule has 6 nitrogen and oxygen atoms in total. The van der Waals surface area contributed by atoms with Gasteiger partial charge >= 0.3 is 0 Å². The molecular formula is C11H14ClN3O3S. The van der Waals surface area contributed by atoms with Crippen molar-refractivity contribution in [1.29, 1.82) is 0 Å². The summed E-state index contributed by atoms with van der Waals surface area (Å²) in [4.78, 5) is 0.109. The van der Waals surface area contributed by atoms with E-state index in [-0.39, 0.29) is 10.7 Å². The molecule has 0 amide bonds. The molecule has 1 saturated heterocycles. The van der Waals surface area contributed by atoms with E-state index in [4.69, 9.17) is 22.5 Å². The standard InChI is InChI=1S/C11H14ClN3O3S/c12-8-3-1-4-9(7-8)19(17,18)15-6-2-5-10(15)11(13)14-16/h1,3-4,7,10,16H,2,5-6H2,(H2,13,14). The minimum Gasteiger partial charge on any atom is -0.409 e. The average molecular weight is 304 g/mol. The second-order valence-electron chi connectivity index (χ2n) is 4.26. The Balaban J connectivity index is 2.39. The largest absolute Gasteiger partial charge is 0.409 e. The zero-order chi connectivity index (χ0) is 14.0. The zero-order valence-electron chi connectivity index (χ0n) is 10.0. The highest BCUT2D eigenvalue weighted by atomic mass is 35.5. The molecule has 8 heteroatoms. The van der Waals surface area contributed by atoms with Crippen LogP contribution in [0.25, 0.3) is 0 Å². The molecule has 3 N–H and O–H groups in total. The van der Waals surface area contributed by atoms with Crippen LogP contribution in [0.5, 0.6) is 0 Å². The third kappa shape index (κ3) is 2.68. The molecule has 1 aromatic rings. The number of nitrogens with zero attached hydrogens (tertiary/aromatic N) is 2. The summed E-state index contributed by atoms with van der Waals surface area (Å²) in [7, 11) is -3.69. The molecule has 0 bridgehead atoms. The molecule has 0 radical (unpaired) electrons. The third-order valence-corrected chi connectivity index (χ3v) is 5.20. The van der Waals surface area contributed by atoms with E-state index < -0.39 is 16.1 Å². The van der Waals surface area contributed by atoms with Gasteiger partial charge in [-0.15, -0.1) is 0 Å². The second kappa shape index (κ2) is 5.36. The second-order valence-corrected chi connectivity index (χ2v) is 6.58. The van der Waals surface area contributed by atoms with Gasteiger partial charge in [0, 0.05) is 11.6 Å². The Bertz CT molecular complexity index is 603. The Labute approximate surface area is 116 Å². The summed E-state index contributed by atoms with van der Waals surface area (Å²) in [6.07, 6.45) is 1.20. The van der Waals surface area contributed by atoms with Gasteiger partial charge in [0.15, 0.2) is 5.84 Å². The highest BCUT2D eigenvalue weighted by molar-refractivity contribution is 7.89. The summed E-state index contributed by atoms with van der Waals surface area (Å²) < 4.78 is 26.2. The van der Waals surface area contributed by atoms with Crippen molar-refractivity contribution in [3.05, 3.63) is 29.3 Å². The minimum absolute atomic E-state index is 0.0943. The fourth-order valence-electron chi connectivity index (χ4n) is 2.15. The van der Waals surface area contributed by atoms with Gasteiger partial charge < -0.3 is 10.9 Å². The fourth-order valence-corrected chi connectivity index (χ4v) is 4.12. The molecule has 1 fully saturated rings.